The number of carboxylic acid groups (broad SMARTS) is 1. The molecule has 19 heavy (non-hydrogen) atoms. The number of carbonyl (C=O) groups excluding carboxylic acids is 1. The number of aliphatic hydroxyl groups is 1. The maximum absolute atomic E-state index is 11.9. The molecule has 2 atom stereocenters. The highest BCUT2D eigenvalue weighted by Gasteiger charge is 2.28. The smallest absolute Gasteiger partial charge is 0.326 e. The second kappa shape index (κ2) is 7.96. The quantitative estimate of drug-likeness (QED) is 0.601. The van der Waals surface area contributed by atoms with Crippen LogP contribution >= 0.6 is 0 Å². The lowest BCUT2D eigenvalue weighted by Crippen LogP contribution is -2.47. The van der Waals surface area contributed by atoms with Gasteiger partial charge in [-0.25, -0.2) is 9.59 Å². The number of hydrogen-bond donors (Lipinski definition) is 3. The number of rotatable bonds is 7. The second-order valence-electron chi connectivity index (χ2n) is 4.73. The molecule has 0 aromatic rings. The van der Waals surface area contributed by atoms with Gasteiger partial charge in [0.1, 0.15) is 6.04 Å². The van der Waals surface area contributed by atoms with E-state index in [1.807, 2.05) is 0 Å². The first kappa shape index (κ1) is 15.7. The largest absolute Gasteiger partial charge is 0.480 e. The zero-order valence-corrected chi connectivity index (χ0v) is 11.2. The van der Waals surface area contributed by atoms with Crippen LogP contribution in [0.1, 0.15) is 19.3 Å². The maximum Gasteiger partial charge on any atom is 0.326 e. The summed E-state index contributed by atoms with van der Waals surface area (Å²) < 4.78 is 4.82. The maximum atomic E-state index is 11.9. The summed E-state index contributed by atoms with van der Waals surface area (Å²) in [4.78, 5) is 24.5. The number of aliphatic carboxylic acids is 1. The van der Waals surface area contributed by atoms with E-state index in [-0.39, 0.29) is 25.7 Å². The van der Waals surface area contributed by atoms with Crippen molar-refractivity contribution in [2.24, 2.45) is 5.92 Å². The summed E-state index contributed by atoms with van der Waals surface area (Å²) in [6.45, 7) is 1.58. The standard InChI is InChI=1S/C12H22N2O5/c1-19-7-4-10(11(16)17)13-12(18)14-5-2-9(8-14)3-6-15/h9-10,15H,2-8H2,1H3,(H,13,18)(H,16,17). The van der Waals surface area contributed by atoms with Crippen molar-refractivity contribution >= 4 is 12.0 Å². The molecule has 1 rings (SSSR count). The van der Waals surface area contributed by atoms with Crippen molar-refractivity contribution in [3.63, 3.8) is 0 Å². The van der Waals surface area contributed by atoms with Crippen LogP contribution in [0.4, 0.5) is 4.79 Å². The number of likely N-dealkylation sites (tertiary alicyclic amines) is 1. The van der Waals surface area contributed by atoms with Gasteiger partial charge in [-0.2, -0.15) is 0 Å². The van der Waals surface area contributed by atoms with Crippen LogP contribution in [0.3, 0.4) is 0 Å². The molecule has 110 valence electrons. The summed E-state index contributed by atoms with van der Waals surface area (Å²) in [6.07, 6.45) is 1.77. The van der Waals surface area contributed by atoms with Crippen molar-refractivity contribution in [3.8, 4) is 0 Å². The number of carbonyl (C=O) groups is 2. The minimum absolute atomic E-state index is 0.117. The van der Waals surface area contributed by atoms with E-state index < -0.39 is 12.0 Å². The first-order chi connectivity index (χ1) is 9.08. The summed E-state index contributed by atoms with van der Waals surface area (Å²) in [5.74, 6) is -0.755. The molecule has 1 saturated heterocycles. The number of carboxylic acids is 1. The fraction of sp³-hybridized carbons (Fsp3) is 0.833. The van der Waals surface area contributed by atoms with Gasteiger partial charge in [0.05, 0.1) is 0 Å². The van der Waals surface area contributed by atoms with Gasteiger partial charge < -0.3 is 25.2 Å². The highest BCUT2D eigenvalue weighted by atomic mass is 16.5. The molecule has 0 spiro atoms. The Balaban J connectivity index is 2.42. The van der Waals surface area contributed by atoms with Crippen molar-refractivity contribution in [2.75, 3.05) is 33.4 Å². The summed E-state index contributed by atoms with van der Waals surface area (Å²) in [6, 6.07) is -1.28. The van der Waals surface area contributed by atoms with Gasteiger partial charge in [0.15, 0.2) is 0 Å². The molecule has 3 N–H and O–H groups in total. The van der Waals surface area contributed by atoms with Crippen LogP contribution < -0.4 is 5.32 Å². The zero-order valence-electron chi connectivity index (χ0n) is 11.2. The van der Waals surface area contributed by atoms with Crippen molar-refractivity contribution in [2.45, 2.75) is 25.3 Å². The first-order valence-corrected chi connectivity index (χ1v) is 6.46. The van der Waals surface area contributed by atoms with Crippen molar-refractivity contribution < 1.29 is 24.5 Å². The fourth-order valence-corrected chi connectivity index (χ4v) is 2.17. The van der Waals surface area contributed by atoms with Gasteiger partial charge in [-0.1, -0.05) is 0 Å². The molecular weight excluding hydrogens is 252 g/mol. The topological polar surface area (TPSA) is 99.1 Å². The molecule has 0 radical (unpaired) electrons. The van der Waals surface area contributed by atoms with Crippen LogP contribution in [-0.2, 0) is 9.53 Å². The number of urea groups is 1. The van der Waals surface area contributed by atoms with E-state index in [0.29, 0.717) is 25.4 Å². The van der Waals surface area contributed by atoms with E-state index in [1.54, 1.807) is 4.90 Å². The van der Waals surface area contributed by atoms with Gasteiger partial charge in [0, 0.05) is 39.8 Å². The van der Waals surface area contributed by atoms with Crippen molar-refractivity contribution in [3.05, 3.63) is 0 Å². The number of amides is 2. The summed E-state index contributed by atoms with van der Waals surface area (Å²) in [7, 11) is 1.49. The highest BCUT2D eigenvalue weighted by molar-refractivity contribution is 5.82. The van der Waals surface area contributed by atoms with E-state index in [2.05, 4.69) is 5.32 Å². The number of hydrogen-bond acceptors (Lipinski definition) is 4. The summed E-state index contributed by atoms with van der Waals surface area (Å²) >= 11 is 0. The Morgan fingerprint density at radius 1 is 1.53 bits per heavy atom. The Labute approximate surface area is 112 Å². The van der Waals surface area contributed by atoms with Crippen LogP contribution in [0.5, 0.6) is 0 Å². The van der Waals surface area contributed by atoms with E-state index in [1.165, 1.54) is 7.11 Å². The minimum Gasteiger partial charge on any atom is -0.480 e. The lowest BCUT2D eigenvalue weighted by atomic mass is 10.1. The number of aliphatic hydroxyl groups excluding tert-OH is 1. The van der Waals surface area contributed by atoms with Gasteiger partial charge in [0.25, 0.3) is 0 Å². The fourth-order valence-electron chi connectivity index (χ4n) is 2.17. The Bertz CT molecular complexity index is 310. The molecule has 1 fully saturated rings. The zero-order chi connectivity index (χ0) is 14.3. The third kappa shape index (κ3) is 5.04. The Hall–Kier alpha value is -1.34. The van der Waals surface area contributed by atoms with Crippen LogP contribution in [0, 0.1) is 5.92 Å². The normalized spacial score (nSPS) is 20.3. The second-order valence-corrected chi connectivity index (χ2v) is 4.73. The molecule has 2 amide bonds. The molecule has 0 bridgehead atoms. The molecule has 7 nitrogen and oxygen atoms in total. The molecule has 0 aromatic heterocycles. The van der Waals surface area contributed by atoms with Gasteiger partial charge >= 0.3 is 12.0 Å². The van der Waals surface area contributed by atoms with Gasteiger partial charge in [-0.15, -0.1) is 0 Å². The van der Waals surface area contributed by atoms with Crippen LogP contribution in [-0.4, -0.2) is 66.6 Å². The Kier molecular flexibility index (Phi) is 6.58. The minimum atomic E-state index is -1.06. The predicted octanol–water partition coefficient (Wildman–Crippen LogP) is -0.110. The van der Waals surface area contributed by atoms with E-state index in [9.17, 15) is 9.59 Å². The molecule has 1 heterocycles. The Morgan fingerprint density at radius 3 is 2.84 bits per heavy atom. The molecule has 0 aromatic carbocycles. The van der Waals surface area contributed by atoms with Crippen LogP contribution in [0.2, 0.25) is 0 Å². The number of nitrogens with zero attached hydrogens (tertiary/aromatic N) is 1. The average Bonchev–Trinajstić information content (AvgIpc) is 2.83. The first-order valence-electron chi connectivity index (χ1n) is 6.46. The lowest BCUT2D eigenvalue weighted by Gasteiger charge is -2.21. The third-order valence-electron chi connectivity index (χ3n) is 3.32. The van der Waals surface area contributed by atoms with Crippen molar-refractivity contribution in [1.29, 1.82) is 0 Å². The van der Waals surface area contributed by atoms with Crippen molar-refractivity contribution in [1.82, 2.24) is 10.2 Å². The van der Waals surface area contributed by atoms with Gasteiger partial charge in [0.2, 0.25) is 0 Å². The number of methoxy groups -OCH3 is 1. The molecule has 7 heteroatoms. The van der Waals surface area contributed by atoms with E-state index in [4.69, 9.17) is 14.9 Å². The third-order valence-corrected chi connectivity index (χ3v) is 3.32. The predicted molar refractivity (Wildman–Crippen MR) is 67.8 cm³/mol. The lowest BCUT2D eigenvalue weighted by molar-refractivity contribution is -0.139. The monoisotopic (exact) mass is 274 g/mol. The number of nitrogens with one attached hydrogen (secondary N) is 1. The summed E-state index contributed by atoms with van der Waals surface area (Å²) in [5, 5.41) is 20.4. The highest BCUT2D eigenvalue weighted by Crippen LogP contribution is 2.19. The SMILES string of the molecule is COCCC(NC(=O)N1CCC(CCO)C1)C(=O)O. The molecule has 0 aliphatic carbocycles. The van der Waals surface area contributed by atoms with E-state index >= 15 is 0 Å². The van der Waals surface area contributed by atoms with Crippen LogP contribution in [0.15, 0.2) is 0 Å². The molecule has 1 aliphatic rings. The van der Waals surface area contributed by atoms with Gasteiger partial charge in [-0.05, 0) is 18.8 Å². The average molecular weight is 274 g/mol. The molecule has 2 unspecified atom stereocenters. The molecule has 0 saturated carbocycles. The molecule has 1 aliphatic heterocycles. The molecular formula is C12H22N2O5. The van der Waals surface area contributed by atoms with Crippen LogP contribution in [0.25, 0.3) is 0 Å². The number of ether oxygens (including phenoxy) is 1. The van der Waals surface area contributed by atoms with E-state index in [0.717, 1.165) is 6.42 Å². The summed E-state index contributed by atoms with van der Waals surface area (Å²) in [5.41, 5.74) is 0. The Morgan fingerprint density at radius 2 is 2.26 bits per heavy atom. The van der Waals surface area contributed by atoms with Gasteiger partial charge in [-0.3, -0.25) is 0 Å².